The first-order valence-corrected chi connectivity index (χ1v) is 6.72. The van der Waals surface area contributed by atoms with Gasteiger partial charge in [0.05, 0.1) is 12.7 Å². The SMILES string of the molecule is O=C(OCc1ccccc1)N1CCC(O)(c2cn[nH]n2)C1. The van der Waals surface area contributed by atoms with Crippen molar-refractivity contribution < 1.29 is 14.6 Å². The summed E-state index contributed by atoms with van der Waals surface area (Å²) >= 11 is 0. The monoisotopic (exact) mass is 288 g/mol. The molecule has 0 saturated carbocycles. The maximum atomic E-state index is 12.0. The number of nitrogens with one attached hydrogen (secondary N) is 1. The Bertz CT molecular complexity index is 602. The molecule has 0 radical (unpaired) electrons. The van der Waals surface area contributed by atoms with E-state index in [0.717, 1.165) is 5.56 Å². The highest BCUT2D eigenvalue weighted by atomic mass is 16.6. The van der Waals surface area contributed by atoms with Gasteiger partial charge in [0.2, 0.25) is 0 Å². The summed E-state index contributed by atoms with van der Waals surface area (Å²) in [6.07, 6.45) is 1.46. The summed E-state index contributed by atoms with van der Waals surface area (Å²) < 4.78 is 5.25. The molecule has 1 amide bonds. The van der Waals surface area contributed by atoms with E-state index in [1.807, 2.05) is 30.3 Å². The molecule has 3 rings (SSSR count). The van der Waals surface area contributed by atoms with Crippen LogP contribution in [0.5, 0.6) is 0 Å². The van der Waals surface area contributed by atoms with Crippen LogP contribution in [0.1, 0.15) is 17.7 Å². The van der Waals surface area contributed by atoms with Gasteiger partial charge in [0, 0.05) is 13.0 Å². The number of rotatable bonds is 3. The second-order valence-electron chi connectivity index (χ2n) is 5.10. The van der Waals surface area contributed by atoms with Crippen LogP contribution >= 0.6 is 0 Å². The number of nitrogens with zero attached hydrogens (tertiary/aromatic N) is 3. The predicted octanol–water partition coefficient (Wildman–Crippen LogP) is 1.03. The number of H-pyrrole nitrogens is 1. The fourth-order valence-electron chi connectivity index (χ4n) is 2.40. The molecule has 0 bridgehead atoms. The minimum Gasteiger partial charge on any atom is -0.445 e. The third kappa shape index (κ3) is 2.87. The molecule has 1 unspecified atom stereocenters. The fraction of sp³-hybridized carbons (Fsp3) is 0.357. The Balaban J connectivity index is 1.57. The third-order valence-corrected chi connectivity index (χ3v) is 3.60. The van der Waals surface area contributed by atoms with Gasteiger partial charge in [-0.3, -0.25) is 0 Å². The molecule has 1 aromatic heterocycles. The Morgan fingerprint density at radius 3 is 2.95 bits per heavy atom. The number of amides is 1. The van der Waals surface area contributed by atoms with Crippen molar-refractivity contribution in [2.24, 2.45) is 0 Å². The highest BCUT2D eigenvalue weighted by molar-refractivity contribution is 5.68. The lowest BCUT2D eigenvalue weighted by atomic mass is 10.0. The number of β-amino-alcohol motifs (C(OH)–C–C–N with tert-alkyl or cyclic N) is 1. The maximum Gasteiger partial charge on any atom is 0.410 e. The smallest absolute Gasteiger partial charge is 0.410 e. The Kier molecular flexibility index (Phi) is 3.57. The van der Waals surface area contributed by atoms with Gasteiger partial charge in [-0.1, -0.05) is 30.3 Å². The lowest BCUT2D eigenvalue weighted by Crippen LogP contribution is -2.35. The molecule has 7 heteroatoms. The summed E-state index contributed by atoms with van der Waals surface area (Å²) in [6, 6.07) is 9.47. The van der Waals surface area contributed by atoms with E-state index in [1.54, 1.807) is 0 Å². The van der Waals surface area contributed by atoms with Gasteiger partial charge >= 0.3 is 6.09 Å². The zero-order valence-electron chi connectivity index (χ0n) is 11.4. The number of hydrogen-bond donors (Lipinski definition) is 2. The second-order valence-corrected chi connectivity index (χ2v) is 5.10. The Morgan fingerprint density at radius 2 is 2.24 bits per heavy atom. The van der Waals surface area contributed by atoms with Gasteiger partial charge in [-0.2, -0.15) is 15.4 Å². The van der Waals surface area contributed by atoms with Gasteiger partial charge in [0.25, 0.3) is 0 Å². The minimum absolute atomic E-state index is 0.160. The first-order chi connectivity index (χ1) is 10.2. The lowest BCUT2D eigenvalue weighted by Gasteiger charge is -2.20. The molecule has 0 aliphatic carbocycles. The number of carbonyl (C=O) groups excluding carboxylic acids is 1. The molecule has 7 nitrogen and oxygen atoms in total. The van der Waals surface area contributed by atoms with E-state index in [-0.39, 0.29) is 13.2 Å². The summed E-state index contributed by atoms with van der Waals surface area (Å²) in [4.78, 5) is 13.5. The Hall–Kier alpha value is -2.41. The molecule has 1 fully saturated rings. The van der Waals surface area contributed by atoms with Crippen LogP contribution in [0.4, 0.5) is 4.79 Å². The van der Waals surface area contributed by atoms with Crippen LogP contribution in [0.25, 0.3) is 0 Å². The van der Waals surface area contributed by atoms with Crippen LogP contribution in [-0.2, 0) is 16.9 Å². The molecule has 1 atom stereocenters. The van der Waals surface area contributed by atoms with Gasteiger partial charge in [-0.15, -0.1) is 0 Å². The van der Waals surface area contributed by atoms with E-state index in [9.17, 15) is 9.90 Å². The quantitative estimate of drug-likeness (QED) is 0.880. The van der Waals surface area contributed by atoms with Gasteiger partial charge < -0.3 is 14.7 Å². The molecule has 1 aliphatic heterocycles. The van der Waals surface area contributed by atoms with Crippen molar-refractivity contribution in [3.8, 4) is 0 Å². The summed E-state index contributed by atoms with van der Waals surface area (Å²) in [5.74, 6) is 0. The minimum atomic E-state index is -1.15. The van der Waals surface area contributed by atoms with Crippen molar-refractivity contribution >= 4 is 6.09 Å². The molecule has 1 saturated heterocycles. The van der Waals surface area contributed by atoms with Crippen molar-refractivity contribution in [2.45, 2.75) is 18.6 Å². The zero-order valence-corrected chi connectivity index (χ0v) is 11.4. The molecule has 1 aromatic carbocycles. The fourth-order valence-corrected chi connectivity index (χ4v) is 2.40. The molecule has 2 N–H and O–H groups in total. The van der Waals surface area contributed by atoms with Gasteiger partial charge in [0.15, 0.2) is 0 Å². The van der Waals surface area contributed by atoms with E-state index >= 15 is 0 Å². The predicted molar refractivity (Wildman–Crippen MR) is 73.1 cm³/mol. The van der Waals surface area contributed by atoms with Crippen molar-refractivity contribution in [1.29, 1.82) is 0 Å². The topological polar surface area (TPSA) is 91.3 Å². The first-order valence-electron chi connectivity index (χ1n) is 6.72. The van der Waals surface area contributed by atoms with Gasteiger partial charge in [0.1, 0.15) is 17.9 Å². The van der Waals surface area contributed by atoms with Gasteiger partial charge in [-0.05, 0) is 5.56 Å². The number of aromatic amines is 1. The maximum absolute atomic E-state index is 12.0. The van der Waals surface area contributed by atoms with E-state index in [0.29, 0.717) is 18.7 Å². The average molecular weight is 288 g/mol. The van der Waals surface area contributed by atoms with Crippen LogP contribution in [0, 0.1) is 0 Å². The Labute approximate surface area is 121 Å². The highest BCUT2D eigenvalue weighted by Crippen LogP contribution is 2.30. The van der Waals surface area contributed by atoms with E-state index in [2.05, 4.69) is 15.4 Å². The van der Waals surface area contributed by atoms with Crippen molar-refractivity contribution in [3.05, 3.63) is 47.8 Å². The van der Waals surface area contributed by atoms with Crippen molar-refractivity contribution in [2.75, 3.05) is 13.1 Å². The van der Waals surface area contributed by atoms with E-state index < -0.39 is 11.7 Å². The van der Waals surface area contributed by atoms with Crippen molar-refractivity contribution in [3.63, 3.8) is 0 Å². The molecule has 2 heterocycles. The number of aliphatic hydroxyl groups is 1. The number of hydrogen-bond acceptors (Lipinski definition) is 5. The lowest BCUT2D eigenvalue weighted by molar-refractivity contribution is 0.0369. The molecule has 1 aliphatic rings. The van der Waals surface area contributed by atoms with Crippen LogP contribution in [0.2, 0.25) is 0 Å². The van der Waals surface area contributed by atoms with Crippen molar-refractivity contribution in [1.82, 2.24) is 20.3 Å². The molecular formula is C14H16N4O3. The number of likely N-dealkylation sites (tertiary alicyclic amines) is 1. The summed E-state index contributed by atoms with van der Waals surface area (Å²) in [6.45, 7) is 0.808. The number of carbonyl (C=O) groups is 1. The standard InChI is InChI=1S/C14H16N4O3/c19-13(21-9-11-4-2-1-3-5-11)18-7-6-14(20,10-18)12-8-15-17-16-12/h1-5,8,20H,6-7,9-10H2,(H,15,16,17). The van der Waals surface area contributed by atoms with Crippen LogP contribution in [-0.4, -0.2) is 44.6 Å². The van der Waals surface area contributed by atoms with Crippen LogP contribution in [0.3, 0.4) is 0 Å². The van der Waals surface area contributed by atoms with E-state index in [1.165, 1.54) is 11.1 Å². The first kappa shape index (κ1) is 13.6. The third-order valence-electron chi connectivity index (χ3n) is 3.60. The normalized spacial score (nSPS) is 21.5. The summed E-state index contributed by atoms with van der Waals surface area (Å²) in [5, 5.41) is 20.5. The summed E-state index contributed by atoms with van der Waals surface area (Å²) in [5.41, 5.74) is 0.219. The molecule has 110 valence electrons. The van der Waals surface area contributed by atoms with Crippen LogP contribution < -0.4 is 0 Å². The molecule has 0 spiro atoms. The molecular weight excluding hydrogens is 272 g/mol. The van der Waals surface area contributed by atoms with Gasteiger partial charge in [-0.25, -0.2) is 4.79 Å². The van der Waals surface area contributed by atoms with E-state index in [4.69, 9.17) is 4.74 Å². The molecule has 2 aromatic rings. The average Bonchev–Trinajstić information content (AvgIpc) is 3.16. The summed E-state index contributed by atoms with van der Waals surface area (Å²) in [7, 11) is 0. The van der Waals surface area contributed by atoms with Crippen LogP contribution in [0.15, 0.2) is 36.5 Å². The second kappa shape index (κ2) is 5.53. The molecule has 21 heavy (non-hydrogen) atoms. The number of aromatic nitrogens is 3. The number of benzene rings is 1. The highest BCUT2D eigenvalue weighted by Gasteiger charge is 2.42. The zero-order chi connectivity index (χ0) is 14.7. The Morgan fingerprint density at radius 1 is 1.43 bits per heavy atom. The largest absolute Gasteiger partial charge is 0.445 e. The number of ether oxygens (including phenoxy) is 1.